The number of rotatable bonds is 6. The molecule has 1 rings (SSSR count). The highest BCUT2D eigenvalue weighted by molar-refractivity contribution is 5.87. The van der Waals surface area contributed by atoms with Crippen LogP contribution in [-0.4, -0.2) is 18.9 Å². The topological polar surface area (TPSA) is 43.4 Å². The molecule has 0 saturated carbocycles. The van der Waals surface area contributed by atoms with Crippen LogP contribution >= 0.6 is 0 Å². The van der Waals surface area contributed by atoms with Crippen molar-refractivity contribution >= 4 is 12.3 Å². The quantitative estimate of drug-likeness (QED) is 0.418. The van der Waals surface area contributed by atoms with Gasteiger partial charge in [0, 0.05) is 0 Å². The fourth-order valence-corrected chi connectivity index (χ4v) is 1.46. The van der Waals surface area contributed by atoms with Gasteiger partial charge in [-0.15, -0.1) is 0 Å². The first-order chi connectivity index (χ1) is 7.77. The van der Waals surface area contributed by atoms with E-state index in [0.29, 0.717) is 25.7 Å². The van der Waals surface area contributed by atoms with Crippen LogP contribution in [0.1, 0.15) is 18.9 Å². The summed E-state index contributed by atoms with van der Waals surface area (Å²) in [5, 5.41) is 0. The zero-order valence-corrected chi connectivity index (χ0v) is 9.39. The summed E-state index contributed by atoms with van der Waals surface area (Å²) in [6.07, 6.45) is 1.89. The van der Waals surface area contributed by atoms with Gasteiger partial charge >= 0.3 is 5.97 Å². The van der Waals surface area contributed by atoms with E-state index in [9.17, 15) is 9.59 Å². The van der Waals surface area contributed by atoms with Crippen LogP contribution in [0.4, 0.5) is 0 Å². The predicted octanol–water partition coefficient (Wildman–Crippen LogP) is 2.00. The number of ether oxygens (including phenoxy) is 1. The Balaban J connectivity index is 2.46. The van der Waals surface area contributed by atoms with Gasteiger partial charge in [-0.3, -0.25) is 4.79 Å². The van der Waals surface area contributed by atoms with Gasteiger partial charge in [-0.2, -0.15) is 0 Å². The highest BCUT2D eigenvalue weighted by Crippen LogP contribution is 2.09. The summed E-state index contributed by atoms with van der Waals surface area (Å²) in [6, 6.07) is 9.78. The predicted molar refractivity (Wildman–Crippen MR) is 61.0 cm³/mol. The van der Waals surface area contributed by atoms with E-state index >= 15 is 0 Å². The average molecular weight is 220 g/mol. The van der Waals surface area contributed by atoms with Crippen molar-refractivity contribution in [1.82, 2.24) is 0 Å². The summed E-state index contributed by atoms with van der Waals surface area (Å²) in [5.41, 5.74) is 1.12. The van der Waals surface area contributed by atoms with Crippen LogP contribution < -0.4 is 0 Å². The lowest BCUT2D eigenvalue weighted by Crippen LogP contribution is -2.19. The highest BCUT2D eigenvalue weighted by Gasteiger charge is 2.18. The van der Waals surface area contributed by atoms with Gasteiger partial charge in [-0.05, 0) is 25.3 Å². The highest BCUT2D eigenvalue weighted by atomic mass is 16.5. The number of aldehydes is 1. The van der Waals surface area contributed by atoms with Crippen LogP contribution in [-0.2, 0) is 20.7 Å². The lowest BCUT2D eigenvalue weighted by molar-refractivity contribution is -0.149. The number of aryl methyl sites for hydroxylation is 1. The molecule has 0 N–H and O–H groups in total. The minimum Gasteiger partial charge on any atom is -0.465 e. The van der Waals surface area contributed by atoms with E-state index in [2.05, 4.69) is 0 Å². The molecule has 1 aromatic rings. The Labute approximate surface area is 95.4 Å². The molecular weight excluding hydrogens is 204 g/mol. The fraction of sp³-hybridized carbons (Fsp3) is 0.385. The van der Waals surface area contributed by atoms with E-state index in [1.807, 2.05) is 30.3 Å². The van der Waals surface area contributed by atoms with Crippen LogP contribution in [0, 0.1) is 5.92 Å². The normalized spacial score (nSPS) is 11.8. The van der Waals surface area contributed by atoms with E-state index in [0.717, 1.165) is 5.56 Å². The van der Waals surface area contributed by atoms with E-state index in [1.165, 1.54) is 0 Å². The standard InChI is InChI=1S/C13H16O3/c1-2-16-13(15)12(10-14)9-8-11-6-4-3-5-7-11/h3-7,10,12H,2,8-9H2,1H3. The summed E-state index contributed by atoms with van der Waals surface area (Å²) in [4.78, 5) is 22.1. The molecule has 0 radical (unpaired) electrons. The van der Waals surface area contributed by atoms with Crippen molar-refractivity contribution in [3.05, 3.63) is 35.9 Å². The number of esters is 1. The summed E-state index contributed by atoms with van der Waals surface area (Å²) in [5.74, 6) is -1.06. The average Bonchev–Trinajstić information content (AvgIpc) is 2.31. The number of carbonyl (C=O) groups excluding carboxylic acids is 2. The largest absolute Gasteiger partial charge is 0.465 e. The van der Waals surface area contributed by atoms with Gasteiger partial charge < -0.3 is 9.53 Å². The van der Waals surface area contributed by atoms with E-state index in [1.54, 1.807) is 6.92 Å². The van der Waals surface area contributed by atoms with Crippen molar-refractivity contribution in [3.63, 3.8) is 0 Å². The first kappa shape index (κ1) is 12.4. The maximum atomic E-state index is 11.3. The monoisotopic (exact) mass is 220 g/mol. The molecule has 3 heteroatoms. The summed E-state index contributed by atoms with van der Waals surface area (Å²) < 4.78 is 4.81. The molecule has 0 heterocycles. The summed E-state index contributed by atoms with van der Waals surface area (Å²) in [6.45, 7) is 2.05. The molecule has 0 bridgehead atoms. The Morgan fingerprint density at radius 3 is 2.62 bits per heavy atom. The molecule has 0 saturated heterocycles. The van der Waals surface area contributed by atoms with E-state index in [4.69, 9.17) is 4.74 Å². The van der Waals surface area contributed by atoms with Gasteiger partial charge in [-0.25, -0.2) is 0 Å². The van der Waals surface area contributed by atoms with Gasteiger partial charge in [0.15, 0.2) is 0 Å². The maximum absolute atomic E-state index is 11.3. The molecule has 0 aliphatic heterocycles. The number of hydrogen-bond donors (Lipinski definition) is 0. The summed E-state index contributed by atoms with van der Waals surface area (Å²) in [7, 11) is 0. The van der Waals surface area contributed by atoms with Crippen molar-refractivity contribution in [3.8, 4) is 0 Å². The van der Waals surface area contributed by atoms with Crippen molar-refractivity contribution in [2.45, 2.75) is 19.8 Å². The molecule has 0 aliphatic carbocycles. The molecule has 3 nitrogen and oxygen atoms in total. The molecule has 86 valence electrons. The minimum atomic E-state index is -0.639. The van der Waals surface area contributed by atoms with Crippen LogP contribution in [0.5, 0.6) is 0 Å². The van der Waals surface area contributed by atoms with Crippen molar-refractivity contribution in [2.75, 3.05) is 6.61 Å². The molecule has 0 spiro atoms. The zero-order valence-electron chi connectivity index (χ0n) is 9.39. The van der Waals surface area contributed by atoms with Gasteiger partial charge in [0.25, 0.3) is 0 Å². The second kappa shape index (κ2) is 6.77. The number of carbonyl (C=O) groups is 2. The number of hydrogen-bond acceptors (Lipinski definition) is 3. The molecule has 1 atom stereocenters. The smallest absolute Gasteiger partial charge is 0.316 e. The Morgan fingerprint density at radius 2 is 2.06 bits per heavy atom. The van der Waals surface area contributed by atoms with Crippen LogP contribution in [0.25, 0.3) is 0 Å². The third kappa shape index (κ3) is 3.85. The maximum Gasteiger partial charge on any atom is 0.316 e. The first-order valence-electron chi connectivity index (χ1n) is 5.43. The van der Waals surface area contributed by atoms with E-state index in [-0.39, 0.29) is 0 Å². The molecular formula is C13H16O3. The minimum absolute atomic E-state index is 0.314. The molecule has 0 amide bonds. The molecule has 0 fully saturated rings. The van der Waals surface area contributed by atoms with Gasteiger partial charge in [0.2, 0.25) is 0 Å². The van der Waals surface area contributed by atoms with Gasteiger partial charge in [-0.1, -0.05) is 30.3 Å². The number of benzene rings is 1. The van der Waals surface area contributed by atoms with E-state index < -0.39 is 11.9 Å². The Hall–Kier alpha value is -1.64. The molecule has 0 aromatic heterocycles. The van der Waals surface area contributed by atoms with Gasteiger partial charge in [0.05, 0.1) is 6.61 Å². The van der Waals surface area contributed by atoms with Crippen LogP contribution in [0.15, 0.2) is 30.3 Å². The second-order valence-corrected chi connectivity index (χ2v) is 3.52. The van der Waals surface area contributed by atoms with Crippen molar-refractivity contribution in [2.24, 2.45) is 5.92 Å². The molecule has 1 unspecified atom stereocenters. The Morgan fingerprint density at radius 1 is 1.38 bits per heavy atom. The summed E-state index contributed by atoms with van der Waals surface area (Å²) >= 11 is 0. The van der Waals surface area contributed by atoms with Crippen molar-refractivity contribution in [1.29, 1.82) is 0 Å². The third-order valence-electron chi connectivity index (χ3n) is 2.34. The molecule has 0 aliphatic rings. The van der Waals surface area contributed by atoms with Crippen LogP contribution in [0.2, 0.25) is 0 Å². The molecule has 1 aromatic carbocycles. The van der Waals surface area contributed by atoms with Gasteiger partial charge in [0.1, 0.15) is 12.2 Å². The zero-order chi connectivity index (χ0) is 11.8. The molecule has 16 heavy (non-hydrogen) atoms. The fourth-order valence-electron chi connectivity index (χ4n) is 1.46. The third-order valence-corrected chi connectivity index (χ3v) is 2.34. The lowest BCUT2D eigenvalue weighted by Gasteiger charge is -2.08. The Kier molecular flexibility index (Phi) is 5.26. The Bertz CT molecular complexity index is 332. The second-order valence-electron chi connectivity index (χ2n) is 3.52. The van der Waals surface area contributed by atoms with Crippen molar-refractivity contribution < 1.29 is 14.3 Å². The first-order valence-corrected chi connectivity index (χ1v) is 5.43. The van der Waals surface area contributed by atoms with Crippen LogP contribution in [0.3, 0.4) is 0 Å². The SMILES string of the molecule is CCOC(=O)C(C=O)CCc1ccccc1. The lowest BCUT2D eigenvalue weighted by atomic mass is 10.0.